The largest absolute Gasteiger partial charge is 0.475 e. The van der Waals surface area contributed by atoms with E-state index in [2.05, 4.69) is 10.3 Å². The molecule has 0 aliphatic rings. The number of halogens is 6. The predicted octanol–water partition coefficient (Wildman–Crippen LogP) is 3.08. The molecule has 1 aromatic rings. The van der Waals surface area contributed by atoms with Crippen molar-refractivity contribution in [3.05, 3.63) is 22.8 Å². The van der Waals surface area contributed by atoms with Crippen molar-refractivity contribution in [1.82, 2.24) is 10.3 Å². The summed E-state index contributed by atoms with van der Waals surface area (Å²) in [7, 11) is 0. The highest BCUT2D eigenvalue weighted by Crippen LogP contribution is 2.32. The molecule has 0 fully saturated rings. The van der Waals surface area contributed by atoms with E-state index in [0.717, 1.165) is 6.07 Å². The lowest BCUT2D eigenvalue weighted by atomic mass is 10.0. The molecule has 0 saturated heterocycles. The van der Waals surface area contributed by atoms with Crippen molar-refractivity contribution < 1.29 is 22.7 Å². The fourth-order valence-corrected chi connectivity index (χ4v) is 1.63. The monoisotopic (exact) mass is 411 g/mol. The van der Waals surface area contributed by atoms with Gasteiger partial charge in [-0.2, -0.15) is 13.2 Å². The summed E-state index contributed by atoms with van der Waals surface area (Å²) in [5, 5.41) is 2.35. The van der Waals surface area contributed by atoms with E-state index in [-0.39, 0.29) is 66.7 Å². The zero-order valence-electron chi connectivity index (χ0n) is 12.9. The Morgan fingerprint density at radius 3 is 2.46 bits per heavy atom. The van der Waals surface area contributed by atoms with Crippen molar-refractivity contribution in [2.24, 2.45) is 11.7 Å². The molecular weight excluding hydrogens is 394 g/mol. The van der Waals surface area contributed by atoms with Crippen molar-refractivity contribution in [2.75, 3.05) is 13.2 Å². The molecule has 0 spiro atoms. The summed E-state index contributed by atoms with van der Waals surface area (Å²) in [6.07, 6.45) is -3.88. The number of carbonyl (C=O) groups is 1. The van der Waals surface area contributed by atoms with Gasteiger partial charge in [-0.1, -0.05) is 18.5 Å². The number of alkyl halides is 3. The van der Waals surface area contributed by atoms with Gasteiger partial charge in [-0.05, 0) is 13.0 Å². The lowest BCUT2D eigenvalue weighted by Gasteiger charge is -2.15. The molecule has 0 bridgehead atoms. The lowest BCUT2D eigenvalue weighted by Crippen LogP contribution is -2.40. The van der Waals surface area contributed by atoms with Crippen LogP contribution < -0.4 is 15.8 Å². The number of nitrogens with one attached hydrogen (secondary N) is 1. The number of ether oxygens (including phenoxy) is 1. The van der Waals surface area contributed by atoms with Gasteiger partial charge in [0.05, 0.1) is 12.1 Å². The molecule has 0 aliphatic carbocycles. The van der Waals surface area contributed by atoms with E-state index in [1.165, 1.54) is 0 Å². The Labute approximate surface area is 155 Å². The van der Waals surface area contributed by atoms with Gasteiger partial charge in [-0.25, -0.2) is 4.98 Å². The molecule has 24 heavy (non-hydrogen) atoms. The van der Waals surface area contributed by atoms with Gasteiger partial charge in [-0.15, -0.1) is 24.8 Å². The van der Waals surface area contributed by atoms with Crippen LogP contribution in [0.4, 0.5) is 13.2 Å². The maximum Gasteiger partial charge on any atom is 0.417 e. The van der Waals surface area contributed by atoms with E-state index < -0.39 is 11.7 Å². The quantitative estimate of drug-likeness (QED) is 0.704. The van der Waals surface area contributed by atoms with Gasteiger partial charge in [0, 0.05) is 18.2 Å². The first-order valence-electron chi connectivity index (χ1n) is 6.51. The minimum Gasteiger partial charge on any atom is -0.475 e. The van der Waals surface area contributed by atoms with Crippen LogP contribution in [0.1, 0.15) is 19.4 Å². The third kappa shape index (κ3) is 7.74. The van der Waals surface area contributed by atoms with Crippen LogP contribution in [0.3, 0.4) is 0 Å². The van der Waals surface area contributed by atoms with Crippen molar-refractivity contribution in [3.63, 3.8) is 0 Å². The fraction of sp³-hybridized carbons (Fsp3) is 0.538. The first-order valence-corrected chi connectivity index (χ1v) is 6.89. The molecule has 140 valence electrons. The third-order valence-corrected chi connectivity index (χ3v) is 3.25. The molecule has 5 nitrogen and oxygen atoms in total. The number of hydrogen-bond donors (Lipinski definition) is 2. The first-order chi connectivity index (χ1) is 10.1. The summed E-state index contributed by atoms with van der Waals surface area (Å²) < 4.78 is 42.5. The van der Waals surface area contributed by atoms with Crippen molar-refractivity contribution in [1.29, 1.82) is 0 Å². The molecular formula is C13H19Cl3F3N3O2. The Balaban J connectivity index is 0. The summed E-state index contributed by atoms with van der Waals surface area (Å²) in [5.74, 6) is -0.706. The van der Waals surface area contributed by atoms with Gasteiger partial charge < -0.3 is 15.8 Å². The SMILES string of the molecule is CC(N)C(C)C(=O)NCCOc1ncc(C(F)(F)F)cc1Cl.Cl.Cl. The van der Waals surface area contributed by atoms with Crippen LogP contribution >= 0.6 is 36.4 Å². The molecule has 1 rings (SSSR count). The highest BCUT2D eigenvalue weighted by Gasteiger charge is 2.31. The summed E-state index contributed by atoms with van der Waals surface area (Å²) in [6.45, 7) is 3.59. The predicted molar refractivity (Wildman–Crippen MR) is 90.1 cm³/mol. The summed E-state index contributed by atoms with van der Waals surface area (Å²) in [5.41, 5.74) is 4.64. The normalized spacial score (nSPS) is 13.1. The summed E-state index contributed by atoms with van der Waals surface area (Å²) >= 11 is 5.68. The zero-order valence-corrected chi connectivity index (χ0v) is 15.3. The Morgan fingerprint density at radius 1 is 1.42 bits per heavy atom. The number of nitrogens with two attached hydrogens (primary N) is 1. The van der Waals surface area contributed by atoms with Gasteiger partial charge in [0.2, 0.25) is 11.8 Å². The molecule has 1 aromatic heterocycles. The van der Waals surface area contributed by atoms with E-state index >= 15 is 0 Å². The minimum absolute atomic E-state index is 0. The topological polar surface area (TPSA) is 77.2 Å². The highest BCUT2D eigenvalue weighted by molar-refractivity contribution is 6.31. The van der Waals surface area contributed by atoms with Crippen LogP contribution in [0, 0.1) is 5.92 Å². The van der Waals surface area contributed by atoms with Gasteiger partial charge in [-0.3, -0.25) is 4.79 Å². The van der Waals surface area contributed by atoms with Crippen LogP contribution in [-0.4, -0.2) is 30.1 Å². The van der Waals surface area contributed by atoms with Crippen LogP contribution in [0.5, 0.6) is 5.88 Å². The molecule has 0 aliphatic heterocycles. The van der Waals surface area contributed by atoms with Crippen molar-refractivity contribution in [3.8, 4) is 5.88 Å². The maximum atomic E-state index is 12.4. The second-order valence-corrected chi connectivity index (χ2v) is 5.20. The van der Waals surface area contributed by atoms with E-state index in [1.54, 1.807) is 13.8 Å². The second-order valence-electron chi connectivity index (χ2n) is 4.80. The van der Waals surface area contributed by atoms with Gasteiger partial charge >= 0.3 is 6.18 Å². The van der Waals surface area contributed by atoms with Crippen LogP contribution in [0.25, 0.3) is 0 Å². The molecule has 0 aromatic carbocycles. The average Bonchev–Trinajstić information content (AvgIpc) is 2.42. The number of aromatic nitrogens is 1. The smallest absolute Gasteiger partial charge is 0.417 e. The number of hydrogen-bond acceptors (Lipinski definition) is 4. The second kappa shape index (κ2) is 10.8. The number of pyridine rings is 1. The van der Waals surface area contributed by atoms with Crippen molar-refractivity contribution >= 4 is 42.3 Å². The molecule has 1 heterocycles. The van der Waals surface area contributed by atoms with E-state index in [9.17, 15) is 18.0 Å². The van der Waals surface area contributed by atoms with Crippen LogP contribution in [0.2, 0.25) is 5.02 Å². The average molecular weight is 413 g/mol. The highest BCUT2D eigenvalue weighted by atomic mass is 35.5. The molecule has 11 heteroatoms. The summed E-state index contributed by atoms with van der Waals surface area (Å²) in [6, 6.07) is 0.452. The maximum absolute atomic E-state index is 12.4. The molecule has 0 saturated carbocycles. The van der Waals surface area contributed by atoms with E-state index in [0.29, 0.717) is 6.20 Å². The van der Waals surface area contributed by atoms with Gasteiger partial charge in [0.25, 0.3) is 0 Å². The lowest BCUT2D eigenvalue weighted by molar-refractivity contribution is -0.137. The number of carbonyl (C=O) groups excluding carboxylic acids is 1. The molecule has 3 N–H and O–H groups in total. The number of nitrogens with zero attached hydrogens (tertiary/aromatic N) is 1. The Bertz CT molecular complexity index is 531. The first kappa shape index (κ1) is 25.3. The fourth-order valence-electron chi connectivity index (χ4n) is 1.41. The van der Waals surface area contributed by atoms with E-state index in [4.69, 9.17) is 22.1 Å². The Hall–Kier alpha value is -0.960. The molecule has 2 atom stereocenters. The van der Waals surface area contributed by atoms with Crippen molar-refractivity contribution in [2.45, 2.75) is 26.1 Å². The molecule has 2 unspecified atom stereocenters. The van der Waals surface area contributed by atoms with Gasteiger partial charge in [0.1, 0.15) is 11.6 Å². The zero-order chi connectivity index (χ0) is 16.9. The van der Waals surface area contributed by atoms with Gasteiger partial charge in [0.15, 0.2) is 0 Å². The molecule has 0 radical (unpaired) electrons. The van der Waals surface area contributed by atoms with Crippen LogP contribution in [0.15, 0.2) is 12.3 Å². The van der Waals surface area contributed by atoms with Crippen LogP contribution in [-0.2, 0) is 11.0 Å². The Kier molecular flexibility index (Phi) is 11.4. The third-order valence-electron chi connectivity index (χ3n) is 2.98. The molecule has 1 amide bonds. The standard InChI is InChI=1S/C13H17ClF3N3O2.2ClH/c1-7(8(2)18)11(21)19-3-4-22-12-10(14)5-9(6-20-12)13(15,16)17;;/h5-8H,3-4,18H2,1-2H3,(H,19,21);2*1H. The number of amides is 1. The minimum atomic E-state index is -4.52. The Morgan fingerprint density at radius 2 is 2.00 bits per heavy atom. The van der Waals surface area contributed by atoms with E-state index in [1.807, 2.05) is 0 Å². The summed E-state index contributed by atoms with van der Waals surface area (Å²) in [4.78, 5) is 15.1. The number of rotatable bonds is 6.